The molecular formula is C18H20N2O4. The van der Waals surface area contributed by atoms with Gasteiger partial charge in [-0.15, -0.1) is 0 Å². The van der Waals surface area contributed by atoms with Gasteiger partial charge in [0.25, 0.3) is 5.69 Å². The van der Waals surface area contributed by atoms with Crippen molar-refractivity contribution < 1.29 is 14.5 Å². The van der Waals surface area contributed by atoms with Gasteiger partial charge in [-0.05, 0) is 36.6 Å². The van der Waals surface area contributed by atoms with Crippen molar-refractivity contribution in [2.45, 2.75) is 19.3 Å². The molecule has 1 N–H and O–H groups in total. The van der Waals surface area contributed by atoms with E-state index in [2.05, 4.69) is 5.32 Å². The number of hydrogen-bond donors (Lipinski definition) is 1. The molecule has 126 valence electrons. The van der Waals surface area contributed by atoms with Gasteiger partial charge in [-0.3, -0.25) is 14.9 Å². The van der Waals surface area contributed by atoms with Crippen LogP contribution in [0.1, 0.15) is 24.0 Å². The molecule has 0 fully saturated rings. The lowest BCUT2D eigenvalue weighted by molar-refractivity contribution is -0.384. The van der Waals surface area contributed by atoms with Crippen LogP contribution >= 0.6 is 0 Å². The Morgan fingerprint density at radius 2 is 1.79 bits per heavy atom. The number of nitrogens with zero attached hydrogens (tertiary/aromatic N) is 1. The zero-order valence-corrected chi connectivity index (χ0v) is 13.7. The lowest BCUT2D eigenvalue weighted by Gasteiger charge is -2.12. The van der Waals surface area contributed by atoms with Gasteiger partial charge in [-0.2, -0.15) is 0 Å². The smallest absolute Gasteiger partial charge is 0.269 e. The van der Waals surface area contributed by atoms with Crippen LogP contribution in [0.25, 0.3) is 0 Å². The van der Waals surface area contributed by atoms with Gasteiger partial charge in [-0.1, -0.05) is 24.3 Å². The van der Waals surface area contributed by atoms with Gasteiger partial charge in [0.1, 0.15) is 5.75 Å². The number of amides is 1. The second-order valence-corrected chi connectivity index (χ2v) is 5.46. The number of methoxy groups -OCH3 is 1. The molecule has 24 heavy (non-hydrogen) atoms. The highest BCUT2D eigenvalue weighted by Crippen LogP contribution is 2.19. The van der Waals surface area contributed by atoms with E-state index in [1.807, 2.05) is 24.3 Å². The van der Waals surface area contributed by atoms with E-state index in [4.69, 9.17) is 4.74 Å². The molecule has 0 aromatic heterocycles. The Morgan fingerprint density at radius 1 is 1.17 bits per heavy atom. The highest BCUT2D eigenvalue weighted by molar-refractivity contribution is 5.83. The molecular weight excluding hydrogens is 308 g/mol. The lowest BCUT2D eigenvalue weighted by Crippen LogP contribution is -2.29. The monoisotopic (exact) mass is 328 g/mol. The molecule has 0 aliphatic carbocycles. The molecule has 1 atom stereocenters. The number of carbonyl (C=O) groups excluding carboxylic acids is 1. The van der Waals surface area contributed by atoms with Crippen LogP contribution in [0.15, 0.2) is 48.5 Å². The summed E-state index contributed by atoms with van der Waals surface area (Å²) in [5.41, 5.74) is 1.88. The second kappa shape index (κ2) is 8.10. The van der Waals surface area contributed by atoms with Gasteiger partial charge >= 0.3 is 0 Å². The van der Waals surface area contributed by atoms with Gasteiger partial charge in [0.2, 0.25) is 5.91 Å². The minimum Gasteiger partial charge on any atom is -0.497 e. The number of nitro benzene ring substituents is 1. The number of ether oxygens (including phenoxy) is 1. The topological polar surface area (TPSA) is 81.5 Å². The fourth-order valence-electron chi connectivity index (χ4n) is 2.31. The molecule has 0 radical (unpaired) electrons. The molecule has 6 nitrogen and oxygen atoms in total. The third-order valence-corrected chi connectivity index (χ3v) is 3.87. The second-order valence-electron chi connectivity index (χ2n) is 5.46. The molecule has 0 aliphatic heterocycles. The van der Waals surface area contributed by atoms with E-state index in [0.29, 0.717) is 6.54 Å². The molecule has 2 aromatic rings. The number of carbonyl (C=O) groups is 1. The quantitative estimate of drug-likeness (QED) is 0.625. The normalized spacial score (nSPS) is 11.6. The maximum atomic E-state index is 12.2. The van der Waals surface area contributed by atoms with Crippen molar-refractivity contribution in [1.29, 1.82) is 0 Å². The number of hydrogen-bond acceptors (Lipinski definition) is 4. The predicted molar refractivity (Wildman–Crippen MR) is 91.2 cm³/mol. The third-order valence-electron chi connectivity index (χ3n) is 3.87. The lowest BCUT2D eigenvalue weighted by atomic mass is 10.00. The van der Waals surface area contributed by atoms with Crippen LogP contribution in [0.5, 0.6) is 5.75 Å². The molecule has 6 heteroatoms. The predicted octanol–water partition coefficient (Wildman–Crippen LogP) is 3.07. The van der Waals surface area contributed by atoms with E-state index in [1.54, 1.807) is 26.2 Å². The summed E-state index contributed by atoms with van der Waals surface area (Å²) in [6, 6.07) is 13.8. The fourth-order valence-corrected chi connectivity index (χ4v) is 2.31. The third kappa shape index (κ3) is 4.55. The molecule has 0 spiro atoms. The number of nitro groups is 1. The van der Waals surface area contributed by atoms with Gasteiger partial charge in [-0.25, -0.2) is 0 Å². The van der Waals surface area contributed by atoms with E-state index in [9.17, 15) is 14.9 Å². The molecule has 0 saturated heterocycles. The van der Waals surface area contributed by atoms with Gasteiger partial charge in [0.05, 0.1) is 18.0 Å². The van der Waals surface area contributed by atoms with Crippen LogP contribution in [-0.4, -0.2) is 24.5 Å². The van der Waals surface area contributed by atoms with Crippen LogP contribution < -0.4 is 10.1 Å². The molecule has 2 aromatic carbocycles. The Bertz CT molecular complexity index is 696. The van der Waals surface area contributed by atoms with Crippen LogP contribution in [0.4, 0.5) is 5.69 Å². The largest absolute Gasteiger partial charge is 0.497 e. The summed E-state index contributed by atoms with van der Waals surface area (Å²) >= 11 is 0. The van der Waals surface area contributed by atoms with E-state index < -0.39 is 4.92 Å². The van der Waals surface area contributed by atoms with Crippen LogP contribution in [0.3, 0.4) is 0 Å². The van der Waals surface area contributed by atoms with Crippen LogP contribution in [0, 0.1) is 10.1 Å². The summed E-state index contributed by atoms with van der Waals surface area (Å²) in [6.07, 6.45) is 0.725. The average molecular weight is 328 g/mol. The molecule has 0 aliphatic rings. The summed E-state index contributed by atoms with van der Waals surface area (Å²) in [4.78, 5) is 22.4. The van der Waals surface area contributed by atoms with Gasteiger partial charge in [0, 0.05) is 18.7 Å². The van der Waals surface area contributed by atoms with Crippen molar-refractivity contribution >= 4 is 11.6 Å². The molecule has 0 heterocycles. The van der Waals surface area contributed by atoms with Crippen molar-refractivity contribution in [1.82, 2.24) is 5.32 Å². The van der Waals surface area contributed by atoms with Crippen molar-refractivity contribution in [2.24, 2.45) is 0 Å². The summed E-state index contributed by atoms with van der Waals surface area (Å²) in [7, 11) is 1.62. The number of nitrogens with one attached hydrogen (secondary N) is 1. The Balaban J connectivity index is 1.85. The van der Waals surface area contributed by atoms with Gasteiger partial charge in [0.15, 0.2) is 0 Å². The van der Waals surface area contributed by atoms with E-state index in [0.717, 1.165) is 23.3 Å². The first-order valence-corrected chi connectivity index (χ1v) is 7.66. The summed E-state index contributed by atoms with van der Waals surface area (Å²) in [6.45, 7) is 2.31. The molecule has 0 bridgehead atoms. The van der Waals surface area contributed by atoms with Gasteiger partial charge < -0.3 is 10.1 Å². The maximum Gasteiger partial charge on any atom is 0.269 e. The van der Waals surface area contributed by atoms with Crippen molar-refractivity contribution in [3.05, 3.63) is 69.8 Å². The average Bonchev–Trinajstić information content (AvgIpc) is 2.61. The van der Waals surface area contributed by atoms with E-state index >= 15 is 0 Å². The maximum absolute atomic E-state index is 12.2. The van der Waals surface area contributed by atoms with Crippen molar-refractivity contribution in [3.8, 4) is 5.75 Å². The highest BCUT2D eigenvalue weighted by atomic mass is 16.6. The first-order valence-electron chi connectivity index (χ1n) is 7.66. The Morgan fingerprint density at radius 3 is 2.33 bits per heavy atom. The van der Waals surface area contributed by atoms with Crippen LogP contribution in [-0.2, 0) is 11.2 Å². The Kier molecular flexibility index (Phi) is 5.89. The molecule has 0 saturated carbocycles. The minimum atomic E-state index is -0.455. The Labute approximate surface area is 140 Å². The number of rotatable bonds is 7. The fraction of sp³-hybridized carbons (Fsp3) is 0.278. The summed E-state index contributed by atoms with van der Waals surface area (Å²) in [5.74, 6) is 0.341. The number of non-ortho nitro benzene ring substituents is 1. The standard InChI is InChI=1S/C18H20N2O4/c1-13(15-5-7-16(8-6-15)20(22)23)18(21)19-12-11-14-3-9-17(24-2)10-4-14/h3-10,13H,11-12H2,1-2H3,(H,19,21)/t13-/m0/s1. The highest BCUT2D eigenvalue weighted by Gasteiger charge is 2.16. The Hall–Kier alpha value is -2.89. The zero-order valence-electron chi connectivity index (χ0n) is 13.7. The SMILES string of the molecule is COc1ccc(CCNC(=O)[C@@H](C)c2ccc([N+](=O)[O-])cc2)cc1. The molecule has 0 unspecified atom stereocenters. The minimum absolute atomic E-state index is 0.0193. The summed E-state index contributed by atoms with van der Waals surface area (Å²) < 4.78 is 5.10. The first-order chi connectivity index (χ1) is 11.5. The summed E-state index contributed by atoms with van der Waals surface area (Å²) in [5, 5.41) is 13.5. The van der Waals surface area contributed by atoms with Crippen LogP contribution in [0.2, 0.25) is 0 Å². The van der Waals surface area contributed by atoms with Crippen molar-refractivity contribution in [3.63, 3.8) is 0 Å². The first kappa shape index (κ1) is 17.5. The van der Waals surface area contributed by atoms with E-state index in [-0.39, 0.29) is 17.5 Å². The zero-order chi connectivity index (χ0) is 17.5. The van der Waals surface area contributed by atoms with E-state index in [1.165, 1.54) is 12.1 Å². The number of benzene rings is 2. The molecule has 1 amide bonds. The molecule has 2 rings (SSSR count). The van der Waals surface area contributed by atoms with Crippen molar-refractivity contribution in [2.75, 3.05) is 13.7 Å².